The molecule has 2 aliphatic rings. The minimum Gasteiger partial charge on any atom is -0.494 e. The van der Waals surface area contributed by atoms with Crippen LogP contribution in [-0.4, -0.2) is 25.9 Å². The molecule has 1 aliphatic heterocycles. The highest BCUT2D eigenvalue weighted by Gasteiger charge is 2.44. The lowest BCUT2D eigenvalue weighted by molar-refractivity contribution is 0.0364. The molecule has 1 aromatic rings. The lowest BCUT2D eigenvalue weighted by Crippen LogP contribution is -2.41. The van der Waals surface area contributed by atoms with Gasteiger partial charge in [0.15, 0.2) is 0 Å². The second-order valence-electron chi connectivity index (χ2n) is 6.24. The summed E-state index contributed by atoms with van der Waals surface area (Å²) in [6.07, 6.45) is 5.83. The van der Waals surface area contributed by atoms with Crippen molar-refractivity contribution in [1.29, 1.82) is 0 Å². The van der Waals surface area contributed by atoms with Gasteiger partial charge in [0, 0.05) is 24.6 Å². The Hall–Kier alpha value is -1.42. The van der Waals surface area contributed by atoms with Gasteiger partial charge >= 0.3 is 0 Å². The molecule has 0 amide bonds. The molecular formula is C18H27NO3. The van der Waals surface area contributed by atoms with Crippen molar-refractivity contribution < 1.29 is 14.2 Å². The molecule has 1 aromatic carbocycles. The Morgan fingerprint density at radius 1 is 1.18 bits per heavy atom. The van der Waals surface area contributed by atoms with E-state index in [-0.39, 0.29) is 11.6 Å². The number of ether oxygens (including phenoxy) is 3. The lowest BCUT2D eigenvalue weighted by Gasteiger charge is -2.40. The minimum atomic E-state index is -0.00496. The van der Waals surface area contributed by atoms with Gasteiger partial charge in [0.2, 0.25) is 0 Å². The third kappa shape index (κ3) is 2.76. The highest BCUT2D eigenvalue weighted by Crippen LogP contribution is 2.51. The van der Waals surface area contributed by atoms with Crippen LogP contribution < -0.4 is 19.5 Å². The van der Waals surface area contributed by atoms with Crippen molar-refractivity contribution in [3.8, 4) is 17.2 Å². The van der Waals surface area contributed by atoms with E-state index in [1.807, 2.05) is 33.0 Å². The van der Waals surface area contributed by atoms with E-state index in [2.05, 4.69) is 5.32 Å². The second kappa shape index (κ2) is 6.37. The van der Waals surface area contributed by atoms with Crippen molar-refractivity contribution in [2.45, 2.75) is 57.6 Å². The fourth-order valence-electron chi connectivity index (χ4n) is 3.85. The van der Waals surface area contributed by atoms with Crippen molar-refractivity contribution in [3.63, 3.8) is 0 Å². The van der Waals surface area contributed by atoms with Crippen molar-refractivity contribution >= 4 is 0 Å². The van der Waals surface area contributed by atoms with Crippen LogP contribution in [0.4, 0.5) is 0 Å². The molecule has 0 radical (unpaired) electrons. The van der Waals surface area contributed by atoms with Gasteiger partial charge in [0.05, 0.1) is 18.8 Å². The first-order valence-corrected chi connectivity index (χ1v) is 8.51. The number of hydrogen-bond donors (Lipinski definition) is 1. The fourth-order valence-corrected chi connectivity index (χ4v) is 3.85. The van der Waals surface area contributed by atoms with Crippen LogP contribution in [0, 0.1) is 0 Å². The molecule has 4 heteroatoms. The van der Waals surface area contributed by atoms with Gasteiger partial charge in [-0.2, -0.15) is 0 Å². The Bertz CT molecular complexity index is 523. The molecule has 1 spiro atoms. The van der Waals surface area contributed by atoms with Gasteiger partial charge in [-0.15, -0.1) is 0 Å². The Balaban J connectivity index is 2.03. The molecule has 4 nitrogen and oxygen atoms in total. The SMILES string of the molecule is CCOc1cc(OCC)c2c(c1)OC1(CCCC1)CC2NC. The zero-order valence-electron chi connectivity index (χ0n) is 13.9. The number of fused-ring (bicyclic) bond motifs is 1. The van der Waals surface area contributed by atoms with Gasteiger partial charge in [0.25, 0.3) is 0 Å². The van der Waals surface area contributed by atoms with E-state index in [9.17, 15) is 0 Å². The standard InChI is InChI=1S/C18H27NO3/c1-4-20-13-10-15(21-5-2)17-14(19-3)12-18(8-6-7-9-18)22-16(17)11-13/h10-11,14,19H,4-9,12H2,1-3H3. The Kier molecular flexibility index (Phi) is 4.48. The smallest absolute Gasteiger partial charge is 0.132 e. The van der Waals surface area contributed by atoms with Gasteiger partial charge in [0.1, 0.15) is 22.8 Å². The van der Waals surface area contributed by atoms with E-state index in [0.717, 1.165) is 42.1 Å². The predicted molar refractivity (Wildman–Crippen MR) is 87.0 cm³/mol. The van der Waals surface area contributed by atoms with E-state index >= 15 is 0 Å². The van der Waals surface area contributed by atoms with E-state index in [1.165, 1.54) is 12.8 Å². The maximum Gasteiger partial charge on any atom is 0.132 e. The van der Waals surface area contributed by atoms with Gasteiger partial charge in [-0.25, -0.2) is 0 Å². The van der Waals surface area contributed by atoms with E-state index in [4.69, 9.17) is 14.2 Å². The van der Waals surface area contributed by atoms with Gasteiger partial charge < -0.3 is 19.5 Å². The summed E-state index contributed by atoms with van der Waals surface area (Å²) >= 11 is 0. The average Bonchev–Trinajstić information content (AvgIpc) is 2.94. The summed E-state index contributed by atoms with van der Waals surface area (Å²) in [5, 5.41) is 3.46. The van der Waals surface area contributed by atoms with E-state index < -0.39 is 0 Å². The number of rotatable bonds is 5. The van der Waals surface area contributed by atoms with E-state index in [1.54, 1.807) is 0 Å². The molecule has 1 heterocycles. The maximum absolute atomic E-state index is 6.49. The summed E-state index contributed by atoms with van der Waals surface area (Å²) < 4.78 is 18.1. The number of benzene rings is 1. The zero-order valence-corrected chi connectivity index (χ0v) is 13.9. The number of nitrogens with one attached hydrogen (secondary N) is 1. The molecule has 1 fully saturated rings. The van der Waals surface area contributed by atoms with Crippen LogP contribution in [0.1, 0.15) is 57.6 Å². The molecule has 0 bridgehead atoms. The molecule has 122 valence electrons. The molecule has 22 heavy (non-hydrogen) atoms. The van der Waals surface area contributed by atoms with Crippen molar-refractivity contribution in [2.75, 3.05) is 20.3 Å². The molecular weight excluding hydrogens is 278 g/mol. The average molecular weight is 305 g/mol. The van der Waals surface area contributed by atoms with Crippen LogP contribution in [-0.2, 0) is 0 Å². The lowest BCUT2D eigenvalue weighted by atomic mass is 9.85. The van der Waals surface area contributed by atoms with Crippen LogP contribution in [0.15, 0.2) is 12.1 Å². The normalized spacial score (nSPS) is 22.2. The first-order chi connectivity index (χ1) is 10.7. The van der Waals surface area contributed by atoms with Crippen LogP contribution in [0.3, 0.4) is 0 Å². The Morgan fingerprint density at radius 3 is 2.55 bits per heavy atom. The number of hydrogen-bond acceptors (Lipinski definition) is 4. The Morgan fingerprint density at radius 2 is 1.91 bits per heavy atom. The molecule has 0 aromatic heterocycles. The van der Waals surface area contributed by atoms with Crippen molar-refractivity contribution in [3.05, 3.63) is 17.7 Å². The van der Waals surface area contributed by atoms with Crippen LogP contribution >= 0.6 is 0 Å². The fraction of sp³-hybridized carbons (Fsp3) is 0.667. The van der Waals surface area contributed by atoms with Crippen molar-refractivity contribution in [1.82, 2.24) is 5.32 Å². The summed E-state index contributed by atoms with van der Waals surface area (Å²) in [6, 6.07) is 4.30. The largest absolute Gasteiger partial charge is 0.494 e. The third-order valence-corrected chi connectivity index (χ3v) is 4.80. The second-order valence-corrected chi connectivity index (χ2v) is 6.24. The van der Waals surface area contributed by atoms with E-state index in [0.29, 0.717) is 13.2 Å². The molecule has 3 rings (SSSR count). The molecule has 1 atom stereocenters. The third-order valence-electron chi connectivity index (χ3n) is 4.80. The molecule has 0 saturated heterocycles. The molecule has 1 aliphatic carbocycles. The van der Waals surface area contributed by atoms with Crippen molar-refractivity contribution in [2.24, 2.45) is 0 Å². The molecule has 1 N–H and O–H groups in total. The summed E-state index contributed by atoms with van der Waals surface area (Å²) in [5.41, 5.74) is 1.14. The first-order valence-electron chi connectivity index (χ1n) is 8.51. The summed E-state index contributed by atoms with van der Waals surface area (Å²) in [4.78, 5) is 0. The van der Waals surface area contributed by atoms with Gasteiger partial charge in [-0.05, 0) is 46.6 Å². The molecule has 1 unspecified atom stereocenters. The Labute approximate surface area is 133 Å². The summed E-state index contributed by atoms with van der Waals surface area (Å²) in [5.74, 6) is 2.65. The monoisotopic (exact) mass is 305 g/mol. The minimum absolute atomic E-state index is 0.00496. The van der Waals surface area contributed by atoms with Gasteiger partial charge in [-0.3, -0.25) is 0 Å². The highest BCUT2D eigenvalue weighted by atomic mass is 16.5. The maximum atomic E-state index is 6.49. The highest BCUT2D eigenvalue weighted by molar-refractivity contribution is 5.54. The first kappa shape index (κ1) is 15.5. The molecule has 1 saturated carbocycles. The van der Waals surface area contributed by atoms with Gasteiger partial charge in [-0.1, -0.05) is 0 Å². The topological polar surface area (TPSA) is 39.7 Å². The quantitative estimate of drug-likeness (QED) is 0.897. The van der Waals surface area contributed by atoms with Crippen LogP contribution in [0.5, 0.6) is 17.2 Å². The predicted octanol–water partition coefficient (Wildman–Crippen LogP) is 3.84. The van der Waals surface area contributed by atoms with Crippen LogP contribution in [0.2, 0.25) is 0 Å². The summed E-state index contributed by atoms with van der Waals surface area (Å²) in [7, 11) is 2.02. The summed E-state index contributed by atoms with van der Waals surface area (Å²) in [6.45, 7) is 5.29. The zero-order chi connectivity index (χ0) is 15.6. The van der Waals surface area contributed by atoms with Crippen LogP contribution in [0.25, 0.3) is 0 Å².